The lowest BCUT2D eigenvalue weighted by atomic mass is 10.0. The SMILES string of the molecule is COC(=O)c1c(NC(=O)c2ccccc2NS(=O)(=O)c2ccc(C)cc2)sc2c1CCN(C)C2. The highest BCUT2D eigenvalue weighted by atomic mass is 32.2. The molecule has 0 radical (unpaired) electrons. The van der Waals surface area contributed by atoms with Crippen LogP contribution in [0.5, 0.6) is 0 Å². The van der Waals surface area contributed by atoms with E-state index in [1.54, 1.807) is 24.3 Å². The maximum Gasteiger partial charge on any atom is 0.341 e. The summed E-state index contributed by atoms with van der Waals surface area (Å²) >= 11 is 1.34. The second-order valence-electron chi connectivity index (χ2n) is 8.11. The third kappa shape index (κ3) is 4.84. The Kier molecular flexibility index (Phi) is 6.74. The third-order valence-corrected chi connectivity index (χ3v) is 8.13. The van der Waals surface area contributed by atoms with Crippen molar-refractivity contribution in [3.8, 4) is 0 Å². The van der Waals surface area contributed by atoms with Crippen LogP contribution in [0.4, 0.5) is 10.7 Å². The summed E-state index contributed by atoms with van der Waals surface area (Å²) in [5, 5.41) is 3.21. The number of hydrogen-bond acceptors (Lipinski definition) is 7. The summed E-state index contributed by atoms with van der Waals surface area (Å²) < 4.78 is 33.3. The Morgan fingerprint density at radius 2 is 1.79 bits per heavy atom. The minimum Gasteiger partial charge on any atom is -0.465 e. The van der Waals surface area contributed by atoms with Crippen LogP contribution >= 0.6 is 11.3 Å². The number of benzene rings is 2. The zero-order valence-corrected chi connectivity index (χ0v) is 20.7. The van der Waals surface area contributed by atoms with Gasteiger partial charge in [-0.05, 0) is 50.2 Å². The second kappa shape index (κ2) is 9.57. The Hall–Kier alpha value is -3.21. The number of esters is 1. The summed E-state index contributed by atoms with van der Waals surface area (Å²) in [4.78, 5) is 29.0. The number of carbonyl (C=O) groups excluding carboxylic acids is 2. The predicted octanol–water partition coefficient (Wildman–Crippen LogP) is 3.88. The number of aryl methyl sites for hydroxylation is 1. The Labute approximate surface area is 202 Å². The highest BCUT2D eigenvalue weighted by molar-refractivity contribution is 7.92. The monoisotopic (exact) mass is 499 g/mol. The van der Waals surface area contributed by atoms with Gasteiger partial charge >= 0.3 is 5.97 Å². The molecule has 2 heterocycles. The number of anilines is 2. The molecule has 2 aromatic carbocycles. The van der Waals surface area contributed by atoms with Crippen LogP contribution in [-0.2, 0) is 27.7 Å². The van der Waals surface area contributed by atoms with Crippen LogP contribution in [-0.4, -0.2) is 45.9 Å². The Bertz CT molecular complexity index is 1350. The first kappa shape index (κ1) is 23.9. The number of methoxy groups -OCH3 is 1. The van der Waals surface area contributed by atoms with E-state index >= 15 is 0 Å². The summed E-state index contributed by atoms with van der Waals surface area (Å²) in [7, 11) is -0.597. The molecule has 0 unspecified atom stereocenters. The largest absolute Gasteiger partial charge is 0.465 e. The molecule has 0 saturated heterocycles. The van der Waals surface area contributed by atoms with Gasteiger partial charge in [0, 0.05) is 18.0 Å². The number of rotatable bonds is 6. The molecule has 178 valence electrons. The molecule has 8 nitrogen and oxygen atoms in total. The molecule has 1 aliphatic heterocycles. The van der Waals surface area contributed by atoms with E-state index in [2.05, 4.69) is 14.9 Å². The first-order valence-electron chi connectivity index (χ1n) is 10.6. The van der Waals surface area contributed by atoms with Gasteiger partial charge in [-0.1, -0.05) is 29.8 Å². The van der Waals surface area contributed by atoms with Gasteiger partial charge in [0.15, 0.2) is 0 Å². The van der Waals surface area contributed by atoms with Crippen LogP contribution in [0.3, 0.4) is 0 Å². The quantitative estimate of drug-likeness (QED) is 0.499. The molecule has 1 aliphatic rings. The standard InChI is InChI=1S/C24H25N3O5S2/c1-15-8-10-16(11-9-15)34(30,31)26-19-7-5-4-6-17(19)22(28)25-23-21(24(29)32-3)18-12-13-27(2)14-20(18)33-23/h4-11,26H,12-14H2,1-3H3,(H,25,28). The third-order valence-electron chi connectivity index (χ3n) is 5.61. The van der Waals surface area contributed by atoms with Crippen LogP contribution in [0.25, 0.3) is 0 Å². The fourth-order valence-corrected chi connectivity index (χ4v) is 6.19. The molecule has 1 aromatic heterocycles. The van der Waals surface area contributed by atoms with E-state index in [1.165, 1.54) is 42.7 Å². The molecule has 0 aliphatic carbocycles. The maximum absolute atomic E-state index is 13.2. The van der Waals surface area contributed by atoms with Crippen molar-refractivity contribution in [2.24, 2.45) is 0 Å². The average Bonchev–Trinajstić information content (AvgIpc) is 3.15. The lowest BCUT2D eigenvalue weighted by Gasteiger charge is -2.22. The van der Waals surface area contributed by atoms with E-state index in [-0.39, 0.29) is 16.1 Å². The molecule has 0 spiro atoms. The molecule has 4 rings (SSSR count). The lowest BCUT2D eigenvalue weighted by molar-refractivity contribution is 0.0600. The Morgan fingerprint density at radius 3 is 2.50 bits per heavy atom. The van der Waals surface area contributed by atoms with E-state index in [9.17, 15) is 18.0 Å². The number of sulfonamides is 1. The van der Waals surface area contributed by atoms with Crippen LogP contribution < -0.4 is 10.0 Å². The van der Waals surface area contributed by atoms with E-state index in [0.717, 1.165) is 22.5 Å². The van der Waals surface area contributed by atoms with Crippen molar-refractivity contribution in [1.82, 2.24) is 4.90 Å². The first-order chi connectivity index (χ1) is 16.2. The smallest absolute Gasteiger partial charge is 0.341 e. The molecular formula is C24H25N3O5S2. The first-order valence-corrected chi connectivity index (χ1v) is 12.9. The summed E-state index contributed by atoms with van der Waals surface area (Å²) in [5.41, 5.74) is 2.46. The van der Waals surface area contributed by atoms with Crippen LogP contribution in [0.2, 0.25) is 0 Å². The fraction of sp³-hybridized carbons (Fsp3) is 0.250. The van der Waals surface area contributed by atoms with Gasteiger partial charge < -0.3 is 15.0 Å². The highest BCUT2D eigenvalue weighted by Crippen LogP contribution is 2.38. The molecule has 0 fully saturated rings. The van der Waals surface area contributed by atoms with E-state index in [0.29, 0.717) is 23.5 Å². The fourth-order valence-electron chi connectivity index (χ4n) is 3.80. The minimum atomic E-state index is -3.90. The van der Waals surface area contributed by atoms with Crippen molar-refractivity contribution >= 4 is 43.9 Å². The summed E-state index contributed by atoms with van der Waals surface area (Å²) in [5.74, 6) is -1.04. The maximum atomic E-state index is 13.2. The minimum absolute atomic E-state index is 0.0938. The van der Waals surface area contributed by atoms with Crippen molar-refractivity contribution in [3.63, 3.8) is 0 Å². The van der Waals surface area contributed by atoms with Crippen LogP contribution in [0.15, 0.2) is 53.4 Å². The molecule has 0 bridgehead atoms. The van der Waals surface area contributed by atoms with Crippen LogP contribution in [0.1, 0.15) is 36.7 Å². The van der Waals surface area contributed by atoms with E-state index in [4.69, 9.17) is 4.74 Å². The molecule has 1 amide bonds. The number of fused-ring (bicyclic) bond motifs is 1. The molecular weight excluding hydrogens is 474 g/mol. The van der Waals surface area contributed by atoms with Gasteiger partial charge in [0.1, 0.15) is 5.00 Å². The van der Waals surface area contributed by atoms with Gasteiger partial charge in [-0.15, -0.1) is 11.3 Å². The van der Waals surface area contributed by atoms with Gasteiger partial charge in [0.25, 0.3) is 15.9 Å². The number of ether oxygens (including phenoxy) is 1. The number of hydrogen-bond donors (Lipinski definition) is 2. The Morgan fingerprint density at radius 1 is 1.09 bits per heavy atom. The van der Waals surface area contributed by atoms with E-state index in [1.807, 2.05) is 14.0 Å². The summed E-state index contributed by atoms with van der Waals surface area (Å²) in [6.45, 7) is 3.34. The van der Waals surface area contributed by atoms with Gasteiger partial charge in [-0.25, -0.2) is 13.2 Å². The van der Waals surface area contributed by atoms with E-state index < -0.39 is 21.9 Å². The molecule has 2 N–H and O–H groups in total. The Balaban J connectivity index is 1.64. The molecule has 34 heavy (non-hydrogen) atoms. The number of carbonyl (C=O) groups is 2. The zero-order chi connectivity index (χ0) is 24.5. The summed E-state index contributed by atoms with van der Waals surface area (Å²) in [6, 6.07) is 12.8. The van der Waals surface area contributed by atoms with Gasteiger partial charge in [0.05, 0.1) is 28.8 Å². The van der Waals surface area contributed by atoms with Crippen molar-refractivity contribution < 1.29 is 22.7 Å². The molecule has 3 aromatic rings. The normalized spacial score (nSPS) is 13.7. The van der Waals surface area contributed by atoms with Crippen molar-refractivity contribution in [2.45, 2.75) is 24.8 Å². The number of thiophene rings is 1. The van der Waals surface area contributed by atoms with Gasteiger partial charge in [0.2, 0.25) is 0 Å². The molecule has 0 saturated carbocycles. The molecule has 0 atom stereocenters. The number of para-hydroxylation sites is 1. The van der Waals surface area contributed by atoms with Crippen LogP contribution in [0, 0.1) is 6.92 Å². The lowest BCUT2D eigenvalue weighted by Crippen LogP contribution is -2.26. The van der Waals surface area contributed by atoms with Crippen molar-refractivity contribution in [2.75, 3.05) is 30.7 Å². The second-order valence-corrected chi connectivity index (χ2v) is 10.9. The van der Waals surface area contributed by atoms with Crippen molar-refractivity contribution in [1.29, 1.82) is 0 Å². The average molecular weight is 500 g/mol. The number of amides is 1. The van der Waals surface area contributed by atoms with Gasteiger partial charge in [-0.2, -0.15) is 0 Å². The highest BCUT2D eigenvalue weighted by Gasteiger charge is 2.29. The summed E-state index contributed by atoms with van der Waals surface area (Å²) in [6.07, 6.45) is 0.676. The number of nitrogens with one attached hydrogen (secondary N) is 2. The zero-order valence-electron chi connectivity index (χ0n) is 19.0. The number of nitrogens with zero attached hydrogens (tertiary/aromatic N) is 1. The van der Waals surface area contributed by atoms with Crippen molar-refractivity contribution in [3.05, 3.63) is 75.7 Å². The topological polar surface area (TPSA) is 105 Å². The number of likely N-dealkylation sites (N-methyl/N-ethyl adjacent to an activating group) is 1. The predicted molar refractivity (Wildman–Crippen MR) is 132 cm³/mol. The van der Waals surface area contributed by atoms with Gasteiger partial charge in [-0.3, -0.25) is 9.52 Å². The molecule has 10 heteroatoms.